The van der Waals surface area contributed by atoms with Gasteiger partial charge in [0.05, 0.1) is 30.4 Å². The maximum atomic E-state index is 12.5. The molecule has 0 spiro atoms. The van der Waals surface area contributed by atoms with E-state index >= 15 is 0 Å². The Morgan fingerprint density at radius 3 is 2.31 bits per heavy atom. The first-order chi connectivity index (χ1) is 17.1. The molecule has 2 heterocycles. The highest BCUT2D eigenvalue weighted by Gasteiger charge is 2.10. The summed E-state index contributed by atoms with van der Waals surface area (Å²) in [6.45, 7) is 4.39. The summed E-state index contributed by atoms with van der Waals surface area (Å²) >= 11 is 0. The molecule has 0 unspecified atom stereocenters. The van der Waals surface area contributed by atoms with Crippen molar-refractivity contribution in [2.45, 2.75) is 51.4 Å². The lowest BCUT2D eigenvalue weighted by atomic mass is 10.1. The van der Waals surface area contributed by atoms with Crippen LogP contribution in [0.5, 0.6) is 5.88 Å². The summed E-state index contributed by atoms with van der Waals surface area (Å²) in [5, 5.41) is 9.64. The van der Waals surface area contributed by atoms with Gasteiger partial charge in [0.1, 0.15) is 5.58 Å². The minimum atomic E-state index is -0.447. The largest absolute Gasteiger partial charge is 0.478 e. The number of benzene rings is 1. The summed E-state index contributed by atoms with van der Waals surface area (Å²) in [6.07, 6.45) is 11.4. The van der Waals surface area contributed by atoms with Crippen LogP contribution in [0.15, 0.2) is 64.5 Å². The zero-order chi connectivity index (χ0) is 24.9. The third-order valence-electron chi connectivity index (χ3n) is 5.62. The molecule has 7 nitrogen and oxygen atoms in total. The molecule has 3 aromatic rings. The molecule has 0 N–H and O–H groups in total. The maximum Gasteiger partial charge on any atom is 0.344 e. The third-order valence-corrected chi connectivity index (χ3v) is 5.62. The summed E-state index contributed by atoms with van der Waals surface area (Å²) in [4.78, 5) is 27.7. The number of ether oxygens (including phenoxy) is 2. The number of fused-ring (bicyclic) bond motifs is 1. The molecule has 35 heavy (non-hydrogen) atoms. The molecule has 3 rings (SSSR count). The van der Waals surface area contributed by atoms with Gasteiger partial charge in [-0.3, -0.25) is 0 Å². The van der Waals surface area contributed by atoms with Crippen LogP contribution in [-0.2, 0) is 9.53 Å². The van der Waals surface area contributed by atoms with Crippen LogP contribution in [0.2, 0.25) is 0 Å². The van der Waals surface area contributed by atoms with Crippen LogP contribution in [0.3, 0.4) is 0 Å². The Balaban J connectivity index is 1.36. The summed E-state index contributed by atoms with van der Waals surface area (Å²) in [7, 11) is 0. The second-order valence-corrected chi connectivity index (χ2v) is 8.25. The van der Waals surface area contributed by atoms with Crippen LogP contribution in [-0.4, -0.2) is 24.2 Å². The Morgan fingerprint density at radius 1 is 1.00 bits per heavy atom. The number of rotatable bonds is 14. The molecule has 0 atom stereocenters. The Kier molecular flexibility index (Phi) is 10.1. The molecule has 0 bridgehead atoms. The molecule has 2 aromatic heterocycles. The van der Waals surface area contributed by atoms with Crippen molar-refractivity contribution in [2.24, 2.45) is 0 Å². The van der Waals surface area contributed by atoms with Gasteiger partial charge in [0, 0.05) is 23.7 Å². The van der Waals surface area contributed by atoms with E-state index in [0.717, 1.165) is 38.5 Å². The van der Waals surface area contributed by atoms with Crippen molar-refractivity contribution in [2.75, 3.05) is 13.2 Å². The zero-order valence-corrected chi connectivity index (χ0v) is 19.8. The summed E-state index contributed by atoms with van der Waals surface area (Å²) < 4.78 is 16.2. The van der Waals surface area contributed by atoms with E-state index < -0.39 is 5.63 Å². The third kappa shape index (κ3) is 8.11. The molecule has 0 saturated heterocycles. The minimum absolute atomic E-state index is 0.357. The lowest BCUT2D eigenvalue weighted by Gasteiger charge is -2.07. The number of aromatic nitrogens is 1. The molecule has 0 aliphatic heterocycles. The number of esters is 1. The van der Waals surface area contributed by atoms with E-state index in [1.54, 1.807) is 42.6 Å². The van der Waals surface area contributed by atoms with Gasteiger partial charge in [-0.25, -0.2) is 14.6 Å². The summed E-state index contributed by atoms with van der Waals surface area (Å²) in [5.41, 5.74) is 1.62. The average molecular weight is 475 g/mol. The molecule has 1 aromatic carbocycles. The Labute approximate surface area is 205 Å². The van der Waals surface area contributed by atoms with Crippen LogP contribution in [0.4, 0.5) is 0 Å². The van der Waals surface area contributed by atoms with Gasteiger partial charge in [0.15, 0.2) is 0 Å². The number of carbonyl (C=O) groups is 1. The van der Waals surface area contributed by atoms with E-state index in [4.69, 9.17) is 19.2 Å². The Hall–Kier alpha value is -3.92. The number of hydrogen-bond acceptors (Lipinski definition) is 7. The molecule has 0 fully saturated rings. The number of unbranched alkanes of at least 4 members (excludes halogenated alkanes) is 7. The van der Waals surface area contributed by atoms with Crippen molar-refractivity contribution in [1.29, 1.82) is 5.26 Å². The van der Waals surface area contributed by atoms with E-state index in [0.29, 0.717) is 46.8 Å². The van der Waals surface area contributed by atoms with E-state index in [2.05, 4.69) is 17.6 Å². The maximum absolute atomic E-state index is 12.5. The van der Waals surface area contributed by atoms with Gasteiger partial charge in [-0.15, -0.1) is 0 Å². The predicted octanol–water partition coefficient (Wildman–Crippen LogP) is 5.96. The minimum Gasteiger partial charge on any atom is -0.478 e. The second kappa shape index (κ2) is 13.7. The molecule has 0 radical (unpaired) electrons. The van der Waals surface area contributed by atoms with Crippen LogP contribution >= 0.6 is 0 Å². The molecule has 7 heteroatoms. The molecule has 0 saturated carbocycles. The Morgan fingerprint density at radius 2 is 1.66 bits per heavy atom. The predicted molar refractivity (Wildman–Crippen MR) is 134 cm³/mol. The first kappa shape index (κ1) is 25.7. The highest BCUT2D eigenvalue weighted by molar-refractivity contribution is 5.82. The first-order valence-electron chi connectivity index (χ1n) is 12.0. The van der Waals surface area contributed by atoms with Crippen molar-refractivity contribution in [1.82, 2.24) is 4.98 Å². The van der Waals surface area contributed by atoms with Crippen LogP contribution in [0, 0.1) is 11.3 Å². The highest BCUT2D eigenvalue weighted by Crippen LogP contribution is 2.23. The first-order valence-corrected chi connectivity index (χ1v) is 12.0. The molecule has 182 valence electrons. The molecule has 0 amide bonds. The molecule has 0 aliphatic carbocycles. The fourth-order valence-corrected chi connectivity index (χ4v) is 3.67. The van der Waals surface area contributed by atoms with Gasteiger partial charge < -0.3 is 13.9 Å². The van der Waals surface area contributed by atoms with Gasteiger partial charge in [-0.05, 0) is 36.6 Å². The van der Waals surface area contributed by atoms with Crippen molar-refractivity contribution >= 4 is 16.9 Å². The molecule has 0 aliphatic rings. The smallest absolute Gasteiger partial charge is 0.344 e. The van der Waals surface area contributed by atoms with Gasteiger partial charge in [0.2, 0.25) is 5.88 Å². The second-order valence-electron chi connectivity index (χ2n) is 8.25. The zero-order valence-electron chi connectivity index (χ0n) is 19.8. The standard InChI is InChI=1S/C28H30N2O5/c1-2-27(31)34-16-10-8-6-4-3-5-7-9-15-33-26-18-25-23(20-30-26)17-24(28(32)35-25)22-13-11-21(19-29)12-14-22/h2,11-14,17-18,20H,1,3-10,15-16H2. The van der Waals surface area contributed by atoms with Crippen LogP contribution < -0.4 is 10.4 Å². The number of carbonyl (C=O) groups excluding carboxylic acids is 1. The van der Waals surface area contributed by atoms with Crippen molar-refractivity contribution in [3.05, 3.63) is 71.2 Å². The SMILES string of the molecule is C=CC(=O)OCCCCCCCCCCOc1cc2oc(=O)c(-c3ccc(C#N)cc3)cc2cn1. The fourth-order valence-electron chi connectivity index (χ4n) is 3.67. The Bertz CT molecular complexity index is 1220. The quantitative estimate of drug-likeness (QED) is 0.161. The molecular formula is C28H30N2O5. The van der Waals surface area contributed by atoms with E-state index in [1.165, 1.54) is 18.9 Å². The number of hydrogen-bond donors (Lipinski definition) is 0. The van der Waals surface area contributed by atoms with Gasteiger partial charge in [-0.1, -0.05) is 57.2 Å². The lowest BCUT2D eigenvalue weighted by molar-refractivity contribution is -0.137. The highest BCUT2D eigenvalue weighted by atomic mass is 16.5. The van der Waals surface area contributed by atoms with E-state index in [1.807, 2.05) is 0 Å². The fraction of sp³-hybridized carbons (Fsp3) is 0.357. The normalized spacial score (nSPS) is 10.6. The van der Waals surface area contributed by atoms with Crippen molar-refractivity contribution in [3.8, 4) is 23.1 Å². The average Bonchev–Trinajstić information content (AvgIpc) is 2.88. The topological polar surface area (TPSA) is 102 Å². The van der Waals surface area contributed by atoms with Gasteiger partial charge in [-0.2, -0.15) is 5.26 Å². The van der Waals surface area contributed by atoms with E-state index in [9.17, 15) is 9.59 Å². The summed E-state index contributed by atoms with van der Waals surface area (Å²) in [5.74, 6) is 0.0772. The number of nitriles is 1. The van der Waals surface area contributed by atoms with Gasteiger partial charge in [0.25, 0.3) is 0 Å². The molecular weight excluding hydrogens is 444 g/mol. The number of nitrogens with zero attached hydrogens (tertiary/aromatic N) is 2. The van der Waals surface area contributed by atoms with Gasteiger partial charge >= 0.3 is 11.6 Å². The lowest BCUT2D eigenvalue weighted by Crippen LogP contribution is -2.04. The summed E-state index contributed by atoms with van der Waals surface area (Å²) in [6, 6.07) is 12.2. The number of pyridine rings is 1. The van der Waals surface area contributed by atoms with Crippen molar-refractivity contribution in [3.63, 3.8) is 0 Å². The monoisotopic (exact) mass is 474 g/mol. The van der Waals surface area contributed by atoms with Crippen LogP contribution in [0.25, 0.3) is 22.1 Å². The van der Waals surface area contributed by atoms with Crippen molar-refractivity contribution < 1.29 is 18.7 Å². The van der Waals surface area contributed by atoms with Crippen LogP contribution in [0.1, 0.15) is 56.9 Å². The van der Waals surface area contributed by atoms with E-state index in [-0.39, 0.29) is 5.97 Å².